The zero-order chi connectivity index (χ0) is 11.4. The lowest BCUT2D eigenvalue weighted by Crippen LogP contribution is -2.26. The van der Waals surface area contributed by atoms with Crippen LogP contribution in [0.15, 0.2) is 18.2 Å². The molecule has 1 amide bonds. The zero-order valence-corrected chi connectivity index (χ0v) is 9.57. The number of hydrogen-bond donors (Lipinski definition) is 1. The van der Waals surface area contributed by atoms with Gasteiger partial charge in [0, 0.05) is 17.1 Å². The Morgan fingerprint density at radius 3 is 2.80 bits per heavy atom. The van der Waals surface area contributed by atoms with Crippen molar-refractivity contribution in [1.82, 2.24) is 5.32 Å². The number of halogens is 3. The number of carbonyl (C=O) groups excluding carboxylic acids is 1. The Morgan fingerprint density at radius 1 is 1.60 bits per heavy atom. The Hall–Kier alpha value is -0.800. The van der Waals surface area contributed by atoms with Gasteiger partial charge in [0.05, 0.1) is 0 Å². The molecule has 0 aliphatic heterocycles. The molecule has 0 bridgehead atoms. The van der Waals surface area contributed by atoms with Gasteiger partial charge in [0.1, 0.15) is 11.2 Å². The van der Waals surface area contributed by atoms with Crippen LogP contribution in [0.1, 0.15) is 17.9 Å². The average Bonchev–Trinajstić information content (AvgIpc) is 2.17. The molecule has 0 spiro atoms. The van der Waals surface area contributed by atoms with Gasteiger partial charge >= 0.3 is 0 Å². The molecule has 1 atom stereocenters. The number of amides is 1. The molecule has 1 N–H and O–H groups in total. The number of carbonyl (C=O) groups is 1. The van der Waals surface area contributed by atoms with Crippen LogP contribution in [0, 0.1) is 5.82 Å². The topological polar surface area (TPSA) is 29.1 Å². The van der Waals surface area contributed by atoms with Gasteiger partial charge in [0.25, 0.3) is 0 Å². The van der Waals surface area contributed by atoms with Crippen LogP contribution in [0.2, 0.25) is 5.02 Å². The van der Waals surface area contributed by atoms with Crippen molar-refractivity contribution in [2.75, 3.05) is 6.54 Å². The average molecular weight is 250 g/mol. The highest BCUT2D eigenvalue weighted by Crippen LogP contribution is 2.25. The Bertz CT molecular complexity index is 370. The van der Waals surface area contributed by atoms with Crippen molar-refractivity contribution >= 4 is 29.1 Å². The molecule has 0 aliphatic rings. The van der Waals surface area contributed by atoms with E-state index in [1.165, 1.54) is 12.1 Å². The first-order chi connectivity index (χ1) is 7.06. The second-order valence-electron chi connectivity index (χ2n) is 2.92. The first-order valence-electron chi connectivity index (χ1n) is 4.43. The summed E-state index contributed by atoms with van der Waals surface area (Å²) in [4.78, 5) is 11.3. The van der Waals surface area contributed by atoms with Crippen LogP contribution in [-0.4, -0.2) is 12.5 Å². The molecule has 0 fully saturated rings. The first-order valence-corrected chi connectivity index (χ1v) is 5.24. The number of likely N-dealkylation sites (N-methyl/N-ethyl adjacent to an activating group) is 1. The molecular weight excluding hydrogens is 240 g/mol. The first kappa shape index (κ1) is 12.3. The van der Waals surface area contributed by atoms with E-state index >= 15 is 0 Å². The fourth-order valence-electron chi connectivity index (χ4n) is 1.11. The maximum absolute atomic E-state index is 13.4. The fraction of sp³-hybridized carbons (Fsp3) is 0.300. The number of nitrogens with one attached hydrogen (secondary N) is 1. The highest BCUT2D eigenvalue weighted by molar-refractivity contribution is 6.31. The Kier molecular flexibility index (Phi) is 4.36. The lowest BCUT2D eigenvalue weighted by Gasteiger charge is -2.10. The molecule has 1 rings (SSSR count). The minimum atomic E-state index is -1.03. The van der Waals surface area contributed by atoms with Crippen molar-refractivity contribution in [2.45, 2.75) is 12.3 Å². The maximum Gasteiger partial charge on any atom is 0.242 e. The lowest BCUT2D eigenvalue weighted by molar-refractivity contribution is -0.120. The molecule has 0 aromatic heterocycles. The van der Waals surface area contributed by atoms with E-state index in [0.29, 0.717) is 6.54 Å². The lowest BCUT2D eigenvalue weighted by atomic mass is 10.1. The third-order valence-corrected chi connectivity index (χ3v) is 2.49. The fourth-order valence-corrected chi connectivity index (χ4v) is 1.53. The summed E-state index contributed by atoms with van der Waals surface area (Å²) < 4.78 is 13.4. The van der Waals surface area contributed by atoms with Gasteiger partial charge in [0.2, 0.25) is 5.91 Å². The minimum Gasteiger partial charge on any atom is -0.355 e. The third-order valence-electron chi connectivity index (χ3n) is 1.82. The smallest absolute Gasteiger partial charge is 0.242 e. The second-order valence-corrected chi connectivity index (χ2v) is 3.80. The van der Waals surface area contributed by atoms with Crippen LogP contribution in [0.4, 0.5) is 4.39 Å². The van der Waals surface area contributed by atoms with Crippen LogP contribution in [0.5, 0.6) is 0 Å². The van der Waals surface area contributed by atoms with E-state index < -0.39 is 17.1 Å². The summed E-state index contributed by atoms with van der Waals surface area (Å²) in [5, 5.41) is 1.76. The van der Waals surface area contributed by atoms with E-state index in [1.807, 2.05) is 0 Å². The molecule has 1 unspecified atom stereocenters. The summed E-state index contributed by atoms with van der Waals surface area (Å²) in [5.41, 5.74) is 0.131. The summed E-state index contributed by atoms with van der Waals surface area (Å²) in [5.74, 6) is -0.992. The van der Waals surface area contributed by atoms with Crippen molar-refractivity contribution in [2.24, 2.45) is 0 Å². The summed E-state index contributed by atoms with van der Waals surface area (Å²) in [6.07, 6.45) is 0. The summed E-state index contributed by atoms with van der Waals surface area (Å²) in [6, 6.07) is 4.03. The number of alkyl halides is 1. The molecule has 82 valence electrons. The molecule has 0 saturated carbocycles. The van der Waals surface area contributed by atoms with Crippen LogP contribution in [0.3, 0.4) is 0 Å². The molecule has 5 heteroatoms. The number of hydrogen-bond acceptors (Lipinski definition) is 1. The van der Waals surface area contributed by atoms with E-state index in [1.54, 1.807) is 6.92 Å². The van der Waals surface area contributed by atoms with Gasteiger partial charge in [-0.3, -0.25) is 4.79 Å². The van der Waals surface area contributed by atoms with Gasteiger partial charge in [-0.05, 0) is 19.1 Å². The van der Waals surface area contributed by atoms with Crippen LogP contribution < -0.4 is 5.32 Å². The van der Waals surface area contributed by atoms with Crippen molar-refractivity contribution in [3.8, 4) is 0 Å². The third kappa shape index (κ3) is 3.08. The second kappa shape index (κ2) is 5.33. The van der Waals surface area contributed by atoms with Crippen LogP contribution in [-0.2, 0) is 4.79 Å². The quantitative estimate of drug-likeness (QED) is 0.821. The molecule has 1 aromatic rings. The SMILES string of the molecule is CCNC(=O)C(Cl)c1ccc(Cl)cc1F. The van der Waals surface area contributed by atoms with E-state index in [0.717, 1.165) is 6.07 Å². The minimum absolute atomic E-state index is 0.131. The van der Waals surface area contributed by atoms with E-state index in [9.17, 15) is 9.18 Å². The summed E-state index contributed by atoms with van der Waals surface area (Å²) >= 11 is 11.4. The van der Waals surface area contributed by atoms with Gasteiger partial charge in [-0.15, -0.1) is 11.6 Å². The van der Waals surface area contributed by atoms with E-state index in [2.05, 4.69) is 5.32 Å². The molecule has 0 heterocycles. The van der Waals surface area contributed by atoms with Crippen LogP contribution >= 0.6 is 23.2 Å². The summed E-state index contributed by atoms with van der Waals surface area (Å²) in [6.45, 7) is 2.22. The highest BCUT2D eigenvalue weighted by Gasteiger charge is 2.20. The standard InChI is InChI=1S/C10H10Cl2FNO/c1-2-14-10(15)9(12)7-4-3-6(11)5-8(7)13/h3-5,9H,2H2,1H3,(H,14,15). The molecule has 0 radical (unpaired) electrons. The van der Waals surface area contributed by atoms with E-state index in [4.69, 9.17) is 23.2 Å². The maximum atomic E-state index is 13.4. The number of rotatable bonds is 3. The zero-order valence-electron chi connectivity index (χ0n) is 8.06. The molecule has 0 saturated heterocycles. The Balaban J connectivity index is 2.91. The van der Waals surface area contributed by atoms with Gasteiger partial charge in [-0.2, -0.15) is 0 Å². The molecular formula is C10H10Cl2FNO. The van der Waals surface area contributed by atoms with Gasteiger partial charge in [-0.25, -0.2) is 4.39 Å². The molecule has 2 nitrogen and oxygen atoms in total. The molecule has 0 aliphatic carbocycles. The normalized spacial score (nSPS) is 12.3. The van der Waals surface area contributed by atoms with Gasteiger partial charge < -0.3 is 5.32 Å². The Morgan fingerprint density at radius 2 is 2.27 bits per heavy atom. The van der Waals surface area contributed by atoms with Crippen molar-refractivity contribution in [1.29, 1.82) is 0 Å². The molecule has 1 aromatic carbocycles. The van der Waals surface area contributed by atoms with E-state index in [-0.39, 0.29) is 10.6 Å². The monoisotopic (exact) mass is 249 g/mol. The predicted octanol–water partition coefficient (Wildman–Crippen LogP) is 2.90. The number of benzene rings is 1. The van der Waals surface area contributed by atoms with Crippen molar-refractivity contribution in [3.05, 3.63) is 34.6 Å². The summed E-state index contributed by atoms with van der Waals surface area (Å²) in [7, 11) is 0. The van der Waals surface area contributed by atoms with Crippen molar-refractivity contribution < 1.29 is 9.18 Å². The van der Waals surface area contributed by atoms with Gasteiger partial charge in [0.15, 0.2) is 0 Å². The predicted molar refractivity (Wildman–Crippen MR) is 58.7 cm³/mol. The van der Waals surface area contributed by atoms with Crippen molar-refractivity contribution in [3.63, 3.8) is 0 Å². The Labute approximate surface area is 97.4 Å². The highest BCUT2D eigenvalue weighted by atomic mass is 35.5. The largest absolute Gasteiger partial charge is 0.355 e. The van der Waals surface area contributed by atoms with Gasteiger partial charge in [-0.1, -0.05) is 17.7 Å². The van der Waals surface area contributed by atoms with Crippen LogP contribution in [0.25, 0.3) is 0 Å². The molecule has 15 heavy (non-hydrogen) atoms.